The van der Waals surface area contributed by atoms with Gasteiger partial charge in [0.2, 0.25) is 0 Å². The summed E-state index contributed by atoms with van der Waals surface area (Å²) < 4.78 is 0. The van der Waals surface area contributed by atoms with Gasteiger partial charge in [-0.1, -0.05) is 32.9 Å². The molecule has 0 N–H and O–H groups in total. The third kappa shape index (κ3) is 9.56. The van der Waals surface area contributed by atoms with Gasteiger partial charge in [-0.15, -0.1) is 0 Å². The van der Waals surface area contributed by atoms with Gasteiger partial charge in [-0.25, -0.2) is 0 Å². The summed E-state index contributed by atoms with van der Waals surface area (Å²) in [5, 5.41) is 0. The van der Waals surface area contributed by atoms with Gasteiger partial charge in [-0.3, -0.25) is 0 Å². The van der Waals surface area contributed by atoms with Gasteiger partial charge in [0.15, 0.2) is 5.75 Å². The highest BCUT2D eigenvalue weighted by Crippen LogP contribution is 2.21. The summed E-state index contributed by atoms with van der Waals surface area (Å²) >= 11 is 0. The van der Waals surface area contributed by atoms with Crippen molar-refractivity contribution in [1.29, 1.82) is 0 Å². The predicted octanol–water partition coefficient (Wildman–Crippen LogP) is 4.90. The molecule has 1 rings (SSSR count). The van der Waals surface area contributed by atoms with Crippen LogP contribution in [0.15, 0.2) is 24.3 Å². The summed E-state index contributed by atoms with van der Waals surface area (Å²) in [5.41, 5.74) is 0.971. The topological polar surface area (TPSA) is 35.5 Å². The lowest BCUT2D eigenvalue weighted by Crippen LogP contribution is -2.21. The lowest BCUT2D eigenvalue weighted by molar-refractivity contribution is -0.274. The van der Waals surface area contributed by atoms with E-state index in [0.29, 0.717) is 12.3 Å². The molecule has 0 fully saturated rings. The van der Waals surface area contributed by atoms with Crippen molar-refractivity contribution < 1.29 is 14.6 Å². The van der Waals surface area contributed by atoms with E-state index < -0.39 is 0 Å². The molecule has 3 heteroatoms. The number of hydrogen-bond acceptors (Lipinski definition) is 3. The van der Waals surface area contributed by atoms with Crippen LogP contribution in [0.4, 0.5) is 0 Å². The van der Waals surface area contributed by atoms with E-state index >= 15 is 0 Å². The number of benzene rings is 1. The number of rotatable bonds is 4. The first-order valence-electron chi connectivity index (χ1n) is 7.10. The molecular weight excluding hydrogens is 252 g/mol. The molecule has 0 saturated carbocycles. The maximum absolute atomic E-state index is 9.81. The Balaban J connectivity index is 0.000000621. The van der Waals surface area contributed by atoms with Crippen LogP contribution in [0.3, 0.4) is 0 Å². The second-order valence-electron chi connectivity index (χ2n) is 6.06. The second kappa shape index (κ2) is 8.75. The van der Waals surface area contributed by atoms with Crippen molar-refractivity contribution in [3.05, 3.63) is 29.8 Å². The quantitative estimate of drug-likeness (QED) is 0.581. The van der Waals surface area contributed by atoms with E-state index in [9.17, 15) is 4.79 Å². The second-order valence-corrected chi connectivity index (χ2v) is 6.06. The van der Waals surface area contributed by atoms with Gasteiger partial charge in [0.1, 0.15) is 11.4 Å². The number of ketones is 1. The minimum atomic E-state index is -0.284. The molecule has 20 heavy (non-hydrogen) atoms. The summed E-state index contributed by atoms with van der Waals surface area (Å²) in [4.78, 5) is 20.3. The Bertz CT molecular complexity index is 403. The number of hydrogen-bond donors (Lipinski definition) is 0. The van der Waals surface area contributed by atoms with E-state index in [1.807, 2.05) is 45.9 Å². The van der Waals surface area contributed by atoms with Gasteiger partial charge < -0.3 is 9.68 Å². The minimum Gasteiger partial charge on any atom is -0.337 e. The van der Waals surface area contributed by atoms with Gasteiger partial charge in [-0.05, 0) is 51.3 Å². The van der Waals surface area contributed by atoms with Crippen LogP contribution in [-0.2, 0) is 9.68 Å². The molecule has 0 spiro atoms. The maximum Gasteiger partial charge on any atom is 0.165 e. The van der Waals surface area contributed by atoms with Crippen molar-refractivity contribution in [3.63, 3.8) is 0 Å². The molecule has 1 aromatic carbocycles. The van der Waals surface area contributed by atoms with Crippen LogP contribution in [0.1, 0.15) is 66.4 Å². The average Bonchev–Trinajstić information content (AvgIpc) is 2.36. The van der Waals surface area contributed by atoms with E-state index in [1.165, 1.54) is 5.56 Å². The Hall–Kier alpha value is -1.35. The summed E-state index contributed by atoms with van der Waals surface area (Å²) in [6.07, 6.45) is 0.667. The fourth-order valence-electron chi connectivity index (χ4n) is 1.10. The molecule has 0 heterocycles. The maximum atomic E-state index is 9.81. The largest absolute Gasteiger partial charge is 0.337 e. The predicted molar refractivity (Wildman–Crippen MR) is 83.0 cm³/mol. The van der Waals surface area contributed by atoms with Crippen LogP contribution in [0.2, 0.25) is 0 Å². The standard InChI is InChI=1S/C13H20O2.C4H8O/c1-10(2)11-7-6-8-12(9-11)14-15-13(3,4)5;1-3-4(2)5/h6-10H,1-5H3;3H2,1-2H3. The zero-order chi connectivity index (χ0) is 15.8. The number of Topliss-reactive ketones (excluding diaryl/α,β-unsaturated/α-hetero) is 1. The molecule has 0 unspecified atom stereocenters. The molecule has 3 nitrogen and oxygen atoms in total. The summed E-state index contributed by atoms with van der Waals surface area (Å²) in [6, 6.07) is 7.99. The lowest BCUT2D eigenvalue weighted by atomic mass is 10.0. The van der Waals surface area contributed by atoms with Gasteiger partial charge in [0.05, 0.1) is 0 Å². The van der Waals surface area contributed by atoms with Gasteiger partial charge >= 0.3 is 0 Å². The fourth-order valence-corrected chi connectivity index (χ4v) is 1.10. The van der Waals surface area contributed by atoms with Crippen LogP contribution in [0, 0.1) is 0 Å². The molecule has 0 atom stereocenters. The zero-order valence-corrected chi connectivity index (χ0v) is 13.8. The smallest absolute Gasteiger partial charge is 0.165 e. The van der Waals surface area contributed by atoms with Crippen LogP contribution in [0.25, 0.3) is 0 Å². The highest BCUT2D eigenvalue weighted by Gasteiger charge is 2.12. The molecule has 0 bridgehead atoms. The van der Waals surface area contributed by atoms with Crippen molar-refractivity contribution in [3.8, 4) is 5.75 Å². The average molecular weight is 280 g/mol. The lowest BCUT2D eigenvalue weighted by Gasteiger charge is -2.18. The highest BCUT2D eigenvalue weighted by molar-refractivity contribution is 5.74. The van der Waals surface area contributed by atoms with Crippen LogP contribution < -0.4 is 4.89 Å². The molecular formula is C17H28O3. The third-order valence-corrected chi connectivity index (χ3v) is 2.41. The summed E-state index contributed by atoms with van der Waals surface area (Å²) in [6.45, 7) is 13.6. The molecule has 0 aliphatic heterocycles. The molecule has 0 aliphatic carbocycles. The van der Waals surface area contributed by atoms with E-state index in [0.717, 1.165) is 5.75 Å². The molecule has 0 amide bonds. The van der Waals surface area contributed by atoms with E-state index in [1.54, 1.807) is 6.92 Å². The molecule has 1 aromatic rings. The van der Waals surface area contributed by atoms with Crippen molar-refractivity contribution in [1.82, 2.24) is 0 Å². The molecule has 0 saturated heterocycles. The van der Waals surface area contributed by atoms with Gasteiger partial charge in [0, 0.05) is 6.42 Å². The normalized spacial score (nSPS) is 10.8. The van der Waals surface area contributed by atoms with E-state index in [4.69, 9.17) is 9.78 Å². The monoisotopic (exact) mass is 280 g/mol. The Morgan fingerprint density at radius 3 is 2.20 bits per heavy atom. The van der Waals surface area contributed by atoms with Crippen LogP contribution >= 0.6 is 0 Å². The Morgan fingerprint density at radius 2 is 1.80 bits per heavy atom. The first-order chi connectivity index (χ1) is 9.15. The minimum absolute atomic E-state index is 0.255. The summed E-state index contributed by atoms with van der Waals surface area (Å²) in [7, 11) is 0. The Morgan fingerprint density at radius 1 is 1.25 bits per heavy atom. The molecule has 0 radical (unpaired) electrons. The third-order valence-electron chi connectivity index (χ3n) is 2.41. The van der Waals surface area contributed by atoms with Crippen LogP contribution in [-0.4, -0.2) is 11.4 Å². The first-order valence-corrected chi connectivity index (χ1v) is 7.10. The zero-order valence-electron chi connectivity index (χ0n) is 13.8. The number of carbonyl (C=O) groups is 1. The number of carbonyl (C=O) groups excluding carboxylic acids is 1. The van der Waals surface area contributed by atoms with Gasteiger partial charge in [0.25, 0.3) is 0 Å². The van der Waals surface area contributed by atoms with E-state index in [2.05, 4.69) is 19.9 Å². The summed E-state index contributed by atoms with van der Waals surface area (Å²) in [5.74, 6) is 1.52. The molecule has 0 aliphatic rings. The van der Waals surface area contributed by atoms with E-state index in [-0.39, 0.29) is 11.4 Å². The molecule has 0 aromatic heterocycles. The Labute approximate surface area is 123 Å². The SMILES string of the molecule is CC(C)c1cccc(OOC(C)(C)C)c1.CCC(C)=O. The van der Waals surface area contributed by atoms with Gasteiger partial charge in [-0.2, -0.15) is 4.89 Å². The first kappa shape index (κ1) is 18.7. The van der Waals surface area contributed by atoms with Crippen LogP contribution in [0.5, 0.6) is 5.75 Å². The Kier molecular flexibility index (Phi) is 8.16. The fraction of sp³-hybridized carbons (Fsp3) is 0.588. The highest BCUT2D eigenvalue weighted by atomic mass is 17.2. The van der Waals surface area contributed by atoms with Crippen molar-refractivity contribution in [2.75, 3.05) is 0 Å². The van der Waals surface area contributed by atoms with Crippen molar-refractivity contribution >= 4 is 5.78 Å². The molecule has 114 valence electrons. The van der Waals surface area contributed by atoms with Crippen molar-refractivity contribution in [2.24, 2.45) is 0 Å². The van der Waals surface area contributed by atoms with Crippen molar-refractivity contribution in [2.45, 2.75) is 66.4 Å².